The van der Waals surface area contributed by atoms with Gasteiger partial charge in [-0.25, -0.2) is 0 Å². The molecule has 0 fully saturated rings. The second kappa shape index (κ2) is 4.50. The van der Waals surface area contributed by atoms with E-state index in [0.29, 0.717) is 0 Å². The summed E-state index contributed by atoms with van der Waals surface area (Å²) in [5.41, 5.74) is 15.9. The normalized spacial score (nSPS) is 17.6. The van der Waals surface area contributed by atoms with E-state index in [-0.39, 0.29) is 6.04 Å². The molecule has 0 amide bonds. The fourth-order valence-corrected chi connectivity index (χ4v) is 3.53. The predicted molar refractivity (Wildman–Crippen MR) is 81.3 cm³/mol. The van der Waals surface area contributed by atoms with Crippen molar-refractivity contribution >= 4 is 0 Å². The average Bonchev–Trinajstić information content (AvgIpc) is 2.71. The Morgan fingerprint density at radius 1 is 1.05 bits per heavy atom. The zero-order chi connectivity index (χ0) is 13.6. The summed E-state index contributed by atoms with van der Waals surface area (Å²) in [6, 6.07) is 11.4. The molecule has 2 aromatic rings. The minimum Gasteiger partial charge on any atom is -0.324 e. The lowest BCUT2D eigenvalue weighted by atomic mass is 9.89. The summed E-state index contributed by atoms with van der Waals surface area (Å²) < 4.78 is 0. The van der Waals surface area contributed by atoms with Crippen molar-refractivity contribution in [1.29, 1.82) is 0 Å². The summed E-state index contributed by atoms with van der Waals surface area (Å²) in [5.74, 6) is 0. The molecule has 2 N–H and O–H groups in total. The molecule has 0 spiro atoms. The second-order valence-electron chi connectivity index (χ2n) is 5.79. The van der Waals surface area contributed by atoms with E-state index in [9.17, 15) is 0 Å². The quantitative estimate of drug-likeness (QED) is 0.806. The fourth-order valence-electron chi connectivity index (χ4n) is 3.53. The molecule has 0 bridgehead atoms. The first kappa shape index (κ1) is 12.4. The lowest BCUT2D eigenvalue weighted by Crippen LogP contribution is -2.05. The van der Waals surface area contributed by atoms with Gasteiger partial charge in [0, 0.05) is 6.04 Å². The molecule has 0 radical (unpaired) electrons. The summed E-state index contributed by atoms with van der Waals surface area (Å²) >= 11 is 0. The monoisotopic (exact) mass is 251 g/mol. The van der Waals surface area contributed by atoms with Gasteiger partial charge in [-0.05, 0) is 67.0 Å². The Kier molecular flexibility index (Phi) is 2.94. The number of benzene rings is 2. The van der Waals surface area contributed by atoms with Crippen LogP contribution in [0.4, 0.5) is 0 Å². The van der Waals surface area contributed by atoms with Crippen LogP contribution in [0.5, 0.6) is 0 Å². The largest absolute Gasteiger partial charge is 0.324 e. The van der Waals surface area contributed by atoms with Crippen LogP contribution >= 0.6 is 0 Å². The predicted octanol–water partition coefficient (Wildman–Crippen LogP) is 4.22. The Hall–Kier alpha value is -1.60. The highest BCUT2D eigenvalue weighted by atomic mass is 14.6. The molecule has 1 nitrogen and oxygen atoms in total. The Morgan fingerprint density at radius 2 is 1.74 bits per heavy atom. The molecule has 1 atom stereocenters. The Bertz CT molecular complexity index is 617. The highest BCUT2D eigenvalue weighted by Gasteiger charge is 2.22. The maximum atomic E-state index is 6.19. The first-order chi connectivity index (χ1) is 9.08. The molecule has 0 unspecified atom stereocenters. The first-order valence-corrected chi connectivity index (χ1v) is 7.03. The molecule has 3 rings (SSSR count). The molecule has 0 aliphatic heterocycles. The van der Waals surface area contributed by atoms with Gasteiger partial charge < -0.3 is 5.73 Å². The van der Waals surface area contributed by atoms with Crippen molar-refractivity contribution in [2.45, 2.75) is 39.7 Å². The number of aryl methyl sites for hydroxylation is 3. The van der Waals surface area contributed by atoms with Crippen LogP contribution in [0.1, 0.15) is 40.3 Å². The maximum Gasteiger partial charge on any atom is 0.0300 e. The zero-order valence-corrected chi connectivity index (χ0v) is 12.0. The SMILES string of the molecule is Cc1cc(C)c(-c2cccc3c2CC[C@H]3N)c(C)c1. The molecule has 1 aliphatic rings. The Labute approximate surface area is 115 Å². The lowest BCUT2D eigenvalue weighted by molar-refractivity contribution is 0.713. The van der Waals surface area contributed by atoms with E-state index in [4.69, 9.17) is 5.73 Å². The molecule has 0 aromatic heterocycles. The van der Waals surface area contributed by atoms with E-state index in [1.807, 2.05) is 0 Å². The van der Waals surface area contributed by atoms with Crippen LogP contribution in [0, 0.1) is 20.8 Å². The highest BCUT2D eigenvalue weighted by Crippen LogP contribution is 2.39. The summed E-state index contributed by atoms with van der Waals surface area (Å²) in [7, 11) is 0. The van der Waals surface area contributed by atoms with Crippen molar-refractivity contribution < 1.29 is 0 Å². The molecule has 1 heteroatoms. The molecule has 2 aromatic carbocycles. The number of nitrogens with two attached hydrogens (primary N) is 1. The van der Waals surface area contributed by atoms with Gasteiger partial charge in [0.15, 0.2) is 0 Å². The minimum atomic E-state index is 0.223. The molecular formula is C18H21N. The summed E-state index contributed by atoms with van der Waals surface area (Å²) in [5, 5.41) is 0. The lowest BCUT2D eigenvalue weighted by Gasteiger charge is -2.15. The van der Waals surface area contributed by atoms with Gasteiger partial charge in [-0.3, -0.25) is 0 Å². The van der Waals surface area contributed by atoms with E-state index in [1.165, 1.54) is 38.9 Å². The number of hydrogen-bond acceptors (Lipinski definition) is 1. The summed E-state index contributed by atoms with van der Waals surface area (Å²) in [4.78, 5) is 0. The van der Waals surface area contributed by atoms with Gasteiger partial charge >= 0.3 is 0 Å². The molecule has 0 heterocycles. The second-order valence-corrected chi connectivity index (χ2v) is 5.79. The number of fused-ring (bicyclic) bond motifs is 1. The molecular weight excluding hydrogens is 230 g/mol. The molecule has 19 heavy (non-hydrogen) atoms. The van der Waals surface area contributed by atoms with E-state index >= 15 is 0 Å². The van der Waals surface area contributed by atoms with Crippen LogP contribution in [0.15, 0.2) is 30.3 Å². The number of rotatable bonds is 1. The summed E-state index contributed by atoms with van der Waals surface area (Å²) in [6.07, 6.45) is 2.19. The van der Waals surface area contributed by atoms with Crippen molar-refractivity contribution in [3.63, 3.8) is 0 Å². The van der Waals surface area contributed by atoms with Crippen molar-refractivity contribution in [3.05, 3.63) is 58.1 Å². The highest BCUT2D eigenvalue weighted by molar-refractivity contribution is 5.76. The fraction of sp³-hybridized carbons (Fsp3) is 0.333. The van der Waals surface area contributed by atoms with Crippen LogP contribution in [-0.2, 0) is 6.42 Å². The zero-order valence-electron chi connectivity index (χ0n) is 12.0. The summed E-state index contributed by atoms with van der Waals surface area (Å²) in [6.45, 7) is 6.59. The van der Waals surface area contributed by atoms with Gasteiger partial charge in [0.2, 0.25) is 0 Å². The first-order valence-electron chi connectivity index (χ1n) is 7.03. The Morgan fingerprint density at radius 3 is 2.42 bits per heavy atom. The molecule has 1 aliphatic carbocycles. The van der Waals surface area contributed by atoms with Gasteiger partial charge in [-0.2, -0.15) is 0 Å². The third-order valence-electron chi connectivity index (χ3n) is 4.26. The average molecular weight is 251 g/mol. The third-order valence-corrected chi connectivity index (χ3v) is 4.26. The van der Waals surface area contributed by atoms with Gasteiger partial charge in [0.25, 0.3) is 0 Å². The number of hydrogen-bond donors (Lipinski definition) is 1. The molecule has 0 saturated carbocycles. The van der Waals surface area contributed by atoms with Crippen LogP contribution in [0.2, 0.25) is 0 Å². The van der Waals surface area contributed by atoms with Gasteiger partial charge in [-0.15, -0.1) is 0 Å². The third kappa shape index (κ3) is 1.98. The van der Waals surface area contributed by atoms with Gasteiger partial charge in [-0.1, -0.05) is 35.9 Å². The van der Waals surface area contributed by atoms with E-state index < -0.39 is 0 Å². The van der Waals surface area contributed by atoms with Crippen LogP contribution in [0.25, 0.3) is 11.1 Å². The van der Waals surface area contributed by atoms with E-state index in [0.717, 1.165) is 12.8 Å². The van der Waals surface area contributed by atoms with Crippen molar-refractivity contribution in [3.8, 4) is 11.1 Å². The van der Waals surface area contributed by atoms with Gasteiger partial charge in [0.1, 0.15) is 0 Å². The smallest absolute Gasteiger partial charge is 0.0300 e. The van der Waals surface area contributed by atoms with Crippen LogP contribution in [-0.4, -0.2) is 0 Å². The maximum absolute atomic E-state index is 6.19. The molecule has 98 valence electrons. The van der Waals surface area contributed by atoms with Crippen molar-refractivity contribution in [2.75, 3.05) is 0 Å². The Balaban J connectivity index is 2.25. The standard InChI is InChI=1S/C18H21N/c1-11-9-12(2)18(13(3)10-11)16-6-4-5-15-14(16)7-8-17(15)19/h4-6,9-10,17H,7-8,19H2,1-3H3/t17-/m1/s1. The topological polar surface area (TPSA) is 26.0 Å². The van der Waals surface area contributed by atoms with Crippen LogP contribution < -0.4 is 5.73 Å². The van der Waals surface area contributed by atoms with E-state index in [1.54, 1.807) is 0 Å². The van der Waals surface area contributed by atoms with E-state index in [2.05, 4.69) is 51.1 Å². The molecule has 0 saturated heterocycles. The van der Waals surface area contributed by atoms with Gasteiger partial charge in [0.05, 0.1) is 0 Å². The van der Waals surface area contributed by atoms with Crippen molar-refractivity contribution in [2.24, 2.45) is 5.73 Å². The van der Waals surface area contributed by atoms with Crippen LogP contribution in [0.3, 0.4) is 0 Å². The van der Waals surface area contributed by atoms with Crippen molar-refractivity contribution in [1.82, 2.24) is 0 Å². The minimum absolute atomic E-state index is 0.223.